The van der Waals surface area contributed by atoms with E-state index in [0.717, 1.165) is 12.0 Å². The van der Waals surface area contributed by atoms with Crippen LogP contribution in [0.5, 0.6) is 0 Å². The van der Waals surface area contributed by atoms with E-state index in [-0.39, 0.29) is 21.8 Å². The Labute approximate surface area is 130 Å². The summed E-state index contributed by atoms with van der Waals surface area (Å²) in [7, 11) is -3.55. The van der Waals surface area contributed by atoms with Gasteiger partial charge in [-0.25, -0.2) is 13.1 Å². The quantitative estimate of drug-likeness (QED) is 0.797. The van der Waals surface area contributed by atoms with Crippen LogP contribution in [0.15, 0.2) is 23.1 Å². The lowest BCUT2D eigenvalue weighted by atomic mass is 10.0. The molecule has 0 saturated carbocycles. The molecule has 3 N–H and O–H groups in total. The van der Waals surface area contributed by atoms with Crippen LogP contribution in [0.3, 0.4) is 0 Å². The molecule has 21 heavy (non-hydrogen) atoms. The van der Waals surface area contributed by atoms with E-state index in [1.54, 1.807) is 19.1 Å². The first-order valence-electron chi connectivity index (χ1n) is 6.82. The molecule has 1 fully saturated rings. The van der Waals surface area contributed by atoms with Gasteiger partial charge in [-0.05, 0) is 38.0 Å². The highest BCUT2D eigenvalue weighted by molar-refractivity contribution is 7.89. The molecule has 5 nitrogen and oxygen atoms in total. The summed E-state index contributed by atoms with van der Waals surface area (Å²) in [6.45, 7) is 4.95. The van der Waals surface area contributed by atoms with Crippen molar-refractivity contribution in [3.63, 3.8) is 0 Å². The van der Waals surface area contributed by atoms with E-state index >= 15 is 0 Å². The average Bonchev–Trinajstić information content (AvgIpc) is 2.91. The Kier molecular flexibility index (Phi) is 4.98. The van der Waals surface area contributed by atoms with Crippen LogP contribution in [0.1, 0.15) is 24.5 Å². The second-order valence-electron chi connectivity index (χ2n) is 5.37. The lowest BCUT2D eigenvalue weighted by Gasteiger charge is -2.19. The molecule has 0 bridgehead atoms. The molecule has 1 heterocycles. The molecule has 0 radical (unpaired) electrons. The van der Waals surface area contributed by atoms with Gasteiger partial charge < -0.3 is 10.5 Å². The standard InChI is InChI=1S/C14H20N2O3S2/c1-9-7-12(3-4-13(9)14(15)20)21(17,18)16-10(2)11-5-6-19-8-11/h3-4,7,10-11,16H,5-6,8H2,1-2H3,(H2,15,20). The molecule has 0 spiro atoms. The minimum Gasteiger partial charge on any atom is -0.389 e. The van der Waals surface area contributed by atoms with Crippen molar-refractivity contribution in [1.29, 1.82) is 0 Å². The van der Waals surface area contributed by atoms with Crippen molar-refractivity contribution in [2.24, 2.45) is 11.7 Å². The monoisotopic (exact) mass is 328 g/mol. The Morgan fingerprint density at radius 3 is 2.76 bits per heavy atom. The Bertz CT molecular complexity index is 638. The number of sulfonamides is 1. The van der Waals surface area contributed by atoms with Gasteiger partial charge in [0.05, 0.1) is 11.5 Å². The third-order valence-corrected chi connectivity index (χ3v) is 5.56. The largest absolute Gasteiger partial charge is 0.389 e. The summed E-state index contributed by atoms with van der Waals surface area (Å²) in [4.78, 5) is 0.492. The summed E-state index contributed by atoms with van der Waals surface area (Å²) < 4.78 is 32.8. The van der Waals surface area contributed by atoms with Crippen molar-refractivity contribution in [2.45, 2.75) is 31.2 Å². The van der Waals surface area contributed by atoms with E-state index in [2.05, 4.69) is 4.72 Å². The third kappa shape index (κ3) is 3.79. The Morgan fingerprint density at radius 2 is 2.24 bits per heavy atom. The molecule has 0 amide bonds. The van der Waals surface area contributed by atoms with E-state index in [0.29, 0.717) is 18.8 Å². The van der Waals surface area contributed by atoms with Gasteiger partial charge in [0.25, 0.3) is 0 Å². The summed E-state index contributed by atoms with van der Waals surface area (Å²) in [6.07, 6.45) is 0.878. The molecule has 0 aromatic heterocycles. The molecular weight excluding hydrogens is 308 g/mol. The van der Waals surface area contributed by atoms with E-state index in [1.165, 1.54) is 6.07 Å². The molecule has 1 aromatic rings. The highest BCUT2D eigenvalue weighted by atomic mass is 32.2. The SMILES string of the molecule is Cc1cc(S(=O)(=O)NC(C)C2CCOC2)ccc1C(N)=S. The third-order valence-electron chi connectivity index (χ3n) is 3.79. The van der Waals surface area contributed by atoms with Crippen LogP contribution in [0, 0.1) is 12.8 Å². The zero-order valence-electron chi connectivity index (χ0n) is 12.1. The van der Waals surface area contributed by atoms with Gasteiger partial charge in [0.15, 0.2) is 0 Å². The summed E-state index contributed by atoms with van der Waals surface area (Å²) in [5.74, 6) is 0.219. The van der Waals surface area contributed by atoms with E-state index < -0.39 is 10.0 Å². The number of hydrogen-bond acceptors (Lipinski definition) is 4. The maximum Gasteiger partial charge on any atom is 0.240 e. The average molecular weight is 328 g/mol. The van der Waals surface area contributed by atoms with Crippen molar-refractivity contribution in [3.05, 3.63) is 29.3 Å². The molecule has 116 valence electrons. The van der Waals surface area contributed by atoms with Crippen molar-refractivity contribution < 1.29 is 13.2 Å². The van der Waals surface area contributed by atoms with Crippen LogP contribution >= 0.6 is 12.2 Å². The van der Waals surface area contributed by atoms with Crippen LogP contribution in [0.2, 0.25) is 0 Å². The molecule has 0 aliphatic carbocycles. The summed E-state index contributed by atoms with van der Waals surface area (Å²) in [6, 6.07) is 4.61. The zero-order chi connectivity index (χ0) is 15.6. The second-order valence-corrected chi connectivity index (χ2v) is 7.53. The number of nitrogens with two attached hydrogens (primary N) is 1. The molecule has 2 rings (SSSR count). The minimum absolute atomic E-state index is 0.159. The van der Waals surface area contributed by atoms with Crippen LogP contribution < -0.4 is 10.5 Å². The van der Waals surface area contributed by atoms with Gasteiger partial charge in [-0.3, -0.25) is 0 Å². The van der Waals surface area contributed by atoms with E-state index in [4.69, 9.17) is 22.7 Å². The fourth-order valence-corrected chi connectivity index (χ4v) is 4.06. The molecule has 1 aliphatic heterocycles. The van der Waals surface area contributed by atoms with Gasteiger partial charge in [0, 0.05) is 24.1 Å². The first-order chi connectivity index (χ1) is 9.81. The van der Waals surface area contributed by atoms with Crippen LogP contribution in [0.4, 0.5) is 0 Å². The summed E-state index contributed by atoms with van der Waals surface area (Å²) in [5, 5.41) is 0. The maximum atomic E-state index is 12.4. The normalized spacial score (nSPS) is 20.4. The number of nitrogens with one attached hydrogen (secondary N) is 1. The van der Waals surface area contributed by atoms with E-state index in [1.807, 2.05) is 6.92 Å². The lowest BCUT2D eigenvalue weighted by Crippen LogP contribution is -2.38. The van der Waals surface area contributed by atoms with Gasteiger partial charge in [-0.1, -0.05) is 18.3 Å². The first kappa shape index (κ1) is 16.4. The summed E-state index contributed by atoms with van der Waals surface area (Å²) >= 11 is 4.93. The maximum absolute atomic E-state index is 12.4. The molecular formula is C14H20N2O3S2. The topological polar surface area (TPSA) is 81.4 Å². The van der Waals surface area contributed by atoms with Gasteiger partial charge in [-0.15, -0.1) is 0 Å². The van der Waals surface area contributed by atoms with Crippen LogP contribution in [-0.4, -0.2) is 32.7 Å². The zero-order valence-corrected chi connectivity index (χ0v) is 13.8. The number of rotatable bonds is 5. The number of thiocarbonyl (C=S) groups is 1. The van der Waals surface area contributed by atoms with Gasteiger partial charge in [-0.2, -0.15) is 0 Å². The second kappa shape index (κ2) is 6.39. The number of benzene rings is 1. The highest BCUT2D eigenvalue weighted by Gasteiger charge is 2.27. The van der Waals surface area contributed by atoms with Crippen LogP contribution in [0.25, 0.3) is 0 Å². The molecule has 1 saturated heterocycles. The van der Waals surface area contributed by atoms with E-state index in [9.17, 15) is 8.42 Å². The molecule has 1 aliphatic rings. The predicted molar refractivity (Wildman–Crippen MR) is 85.8 cm³/mol. The Hall–Kier alpha value is -1.02. The van der Waals surface area contributed by atoms with Crippen molar-refractivity contribution in [1.82, 2.24) is 4.72 Å². The Balaban J connectivity index is 2.19. The minimum atomic E-state index is -3.55. The fraction of sp³-hybridized carbons (Fsp3) is 0.500. The summed E-state index contributed by atoms with van der Waals surface area (Å²) in [5.41, 5.74) is 7.04. The van der Waals surface area contributed by atoms with Gasteiger partial charge in [0.2, 0.25) is 10.0 Å². The van der Waals surface area contributed by atoms with Crippen molar-refractivity contribution in [3.8, 4) is 0 Å². The number of ether oxygens (including phenoxy) is 1. The lowest BCUT2D eigenvalue weighted by molar-refractivity contribution is 0.180. The van der Waals surface area contributed by atoms with Crippen LogP contribution in [-0.2, 0) is 14.8 Å². The first-order valence-corrected chi connectivity index (χ1v) is 8.71. The van der Waals surface area contributed by atoms with Gasteiger partial charge in [0.1, 0.15) is 4.99 Å². The van der Waals surface area contributed by atoms with Crippen molar-refractivity contribution >= 4 is 27.2 Å². The smallest absolute Gasteiger partial charge is 0.240 e. The predicted octanol–water partition coefficient (Wildman–Crippen LogP) is 1.33. The Morgan fingerprint density at radius 1 is 1.52 bits per heavy atom. The van der Waals surface area contributed by atoms with Gasteiger partial charge >= 0.3 is 0 Å². The molecule has 2 unspecified atom stereocenters. The number of hydrogen-bond donors (Lipinski definition) is 2. The fourth-order valence-electron chi connectivity index (χ4n) is 2.44. The molecule has 7 heteroatoms. The highest BCUT2D eigenvalue weighted by Crippen LogP contribution is 2.20. The molecule has 1 aromatic carbocycles. The molecule has 2 atom stereocenters. The number of aryl methyl sites for hydroxylation is 1. The van der Waals surface area contributed by atoms with Crippen molar-refractivity contribution in [2.75, 3.05) is 13.2 Å².